The summed E-state index contributed by atoms with van der Waals surface area (Å²) < 4.78 is 1.85. The van der Waals surface area contributed by atoms with E-state index >= 15 is 0 Å². The molecule has 1 saturated heterocycles. The quantitative estimate of drug-likeness (QED) is 0.767. The van der Waals surface area contributed by atoms with Gasteiger partial charge in [-0.05, 0) is 32.2 Å². The van der Waals surface area contributed by atoms with E-state index < -0.39 is 0 Å². The molecule has 0 radical (unpaired) electrons. The lowest BCUT2D eigenvalue weighted by Crippen LogP contribution is -2.38. The molecular formula is C11H20N4O. The Balaban J connectivity index is 1.93. The number of aliphatic hydroxyl groups excluding tert-OH is 1. The molecule has 2 N–H and O–H groups in total. The fourth-order valence-corrected chi connectivity index (χ4v) is 2.27. The Labute approximate surface area is 95.9 Å². The van der Waals surface area contributed by atoms with Crippen LogP contribution >= 0.6 is 0 Å². The first-order valence-corrected chi connectivity index (χ1v) is 6.06. The van der Waals surface area contributed by atoms with Crippen molar-refractivity contribution in [2.45, 2.75) is 38.8 Å². The maximum Gasteiger partial charge on any atom is 0.138 e. The molecule has 0 saturated carbocycles. The highest BCUT2D eigenvalue weighted by atomic mass is 16.3. The normalized spacial score (nSPS) is 23.2. The Morgan fingerprint density at radius 3 is 3.25 bits per heavy atom. The van der Waals surface area contributed by atoms with E-state index in [9.17, 15) is 5.11 Å². The van der Waals surface area contributed by atoms with Gasteiger partial charge in [-0.1, -0.05) is 0 Å². The summed E-state index contributed by atoms with van der Waals surface area (Å²) in [5.41, 5.74) is 0. The standard InChI is InChI=1S/C11H20N4O/c1-2-15-11(13-8-14-15)6-10(16)9-4-3-5-12-7-9/h8-10,12,16H,2-7H2,1H3. The Morgan fingerprint density at radius 2 is 2.56 bits per heavy atom. The van der Waals surface area contributed by atoms with Crippen LogP contribution in [0.1, 0.15) is 25.6 Å². The Hall–Kier alpha value is -0.940. The molecule has 1 aliphatic rings. The van der Waals surface area contributed by atoms with Crippen molar-refractivity contribution in [2.24, 2.45) is 5.92 Å². The molecule has 90 valence electrons. The Kier molecular flexibility index (Phi) is 3.90. The predicted octanol–water partition coefficient (Wildman–Crippen LogP) is 0.201. The highest BCUT2D eigenvalue weighted by Gasteiger charge is 2.23. The van der Waals surface area contributed by atoms with Crippen molar-refractivity contribution >= 4 is 0 Å². The number of hydrogen-bond donors (Lipinski definition) is 2. The number of aliphatic hydroxyl groups is 1. The average molecular weight is 224 g/mol. The minimum Gasteiger partial charge on any atom is -0.392 e. The maximum atomic E-state index is 10.1. The van der Waals surface area contributed by atoms with E-state index in [-0.39, 0.29) is 6.10 Å². The molecule has 16 heavy (non-hydrogen) atoms. The number of aromatic nitrogens is 3. The summed E-state index contributed by atoms with van der Waals surface area (Å²) in [5, 5.41) is 17.6. The molecule has 0 amide bonds. The molecule has 0 bridgehead atoms. The van der Waals surface area contributed by atoms with E-state index in [4.69, 9.17) is 0 Å². The van der Waals surface area contributed by atoms with Gasteiger partial charge < -0.3 is 10.4 Å². The van der Waals surface area contributed by atoms with Crippen LogP contribution < -0.4 is 5.32 Å². The van der Waals surface area contributed by atoms with E-state index in [0.29, 0.717) is 12.3 Å². The van der Waals surface area contributed by atoms with Crippen molar-refractivity contribution in [2.75, 3.05) is 13.1 Å². The summed E-state index contributed by atoms with van der Waals surface area (Å²) in [6.45, 7) is 4.84. The fraction of sp³-hybridized carbons (Fsp3) is 0.818. The monoisotopic (exact) mass is 224 g/mol. The topological polar surface area (TPSA) is 63.0 Å². The van der Waals surface area contributed by atoms with E-state index in [2.05, 4.69) is 15.4 Å². The molecule has 2 unspecified atom stereocenters. The van der Waals surface area contributed by atoms with E-state index in [1.807, 2.05) is 11.6 Å². The van der Waals surface area contributed by atoms with Crippen LogP contribution in [0.2, 0.25) is 0 Å². The average Bonchev–Trinajstić information content (AvgIpc) is 2.77. The van der Waals surface area contributed by atoms with Crippen LogP contribution in [-0.2, 0) is 13.0 Å². The van der Waals surface area contributed by atoms with E-state index in [0.717, 1.165) is 38.3 Å². The second kappa shape index (κ2) is 5.41. The summed E-state index contributed by atoms with van der Waals surface area (Å²) in [5.74, 6) is 1.25. The van der Waals surface area contributed by atoms with Gasteiger partial charge in [0.2, 0.25) is 0 Å². The van der Waals surface area contributed by atoms with Crippen LogP contribution in [0.5, 0.6) is 0 Å². The minimum absolute atomic E-state index is 0.303. The zero-order chi connectivity index (χ0) is 11.4. The third-order valence-electron chi connectivity index (χ3n) is 3.27. The molecule has 1 aromatic heterocycles. The summed E-state index contributed by atoms with van der Waals surface area (Å²) in [6.07, 6.45) is 4.13. The number of nitrogens with zero attached hydrogens (tertiary/aromatic N) is 3. The lowest BCUT2D eigenvalue weighted by molar-refractivity contribution is 0.0893. The number of rotatable bonds is 4. The van der Waals surface area contributed by atoms with Crippen LogP contribution in [0, 0.1) is 5.92 Å². The van der Waals surface area contributed by atoms with Gasteiger partial charge in [0.15, 0.2) is 0 Å². The molecule has 5 nitrogen and oxygen atoms in total. The zero-order valence-electron chi connectivity index (χ0n) is 9.76. The lowest BCUT2D eigenvalue weighted by atomic mass is 9.92. The van der Waals surface area contributed by atoms with Crippen LogP contribution in [0.3, 0.4) is 0 Å². The molecule has 2 heterocycles. The van der Waals surface area contributed by atoms with Crippen molar-refractivity contribution in [1.82, 2.24) is 20.1 Å². The van der Waals surface area contributed by atoms with Crippen molar-refractivity contribution in [3.8, 4) is 0 Å². The van der Waals surface area contributed by atoms with Crippen molar-refractivity contribution in [3.05, 3.63) is 12.2 Å². The van der Waals surface area contributed by atoms with Crippen LogP contribution in [0.25, 0.3) is 0 Å². The van der Waals surface area contributed by atoms with Gasteiger partial charge in [0, 0.05) is 19.5 Å². The molecule has 2 atom stereocenters. The predicted molar refractivity (Wildman–Crippen MR) is 61.0 cm³/mol. The van der Waals surface area contributed by atoms with Gasteiger partial charge in [0.1, 0.15) is 12.2 Å². The zero-order valence-corrected chi connectivity index (χ0v) is 9.76. The summed E-state index contributed by atoms with van der Waals surface area (Å²) in [7, 11) is 0. The molecule has 5 heteroatoms. The molecule has 2 rings (SSSR count). The highest BCUT2D eigenvalue weighted by molar-refractivity contribution is 4.90. The Morgan fingerprint density at radius 1 is 1.69 bits per heavy atom. The summed E-state index contributed by atoms with van der Waals surface area (Å²) in [4.78, 5) is 4.19. The number of piperidine rings is 1. The summed E-state index contributed by atoms with van der Waals surface area (Å²) >= 11 is 0. The molecule has 0 aliphatic carbocycles. The number of aryl methyl sites for hydroxylation is 1. The third kappa shape index (κ3) is 2.59. The smallest absolute Gasteiger partial charge is 0.138 e. The number of hydrogen-bond acceptors (Lipinski definition) is 4. The summed E-state index contributed by atoms with van der Waals surface area (Å²) in [6, 6.07) is 0. The first-order valence-electron chi connectivity index (χ1n) is 6.06. The molecule has 1 aromatic rings. The van der Waals surface area contributed by atoms with E-state index in [1.54, 1.807) is 6.33 Å². The van der Waals surface area contributed by atoms with Gasteiger partial charge in [-0.3, -0.25) is 4.68 Å². The van der Waals surface area contributed by atoms with E-state index in [1.165, 1.54) is 0 Å². The van der Waals surface area contributed by atoms with Crippen molar-refractivity contribution in [1.29, 1.82) is 0 Å². The van der Waals surface area contributed by atoms with Crippen molar-refractivity contribution < 1.29 is 5.11 Å². The van der Waals surface area contributed by atoms with Gasteiger partial charge in [-0.2, -0.15) is 5.10 Å². The first kappa shape index (κ1) is 11.5. The molecular weight excluding hydrogens is 204 g/mol. The van der Waals surface area contributed by atoms with Crippen LogP contribution in [0.4, 0.5) is 0 Å². The highest BCUT2D eigenvalue weighted by Crippen LogP contribution is 2.17. The molecule has 0 aromatic carbocycles. The SMILES string of the molecule is CCn1ncnc1CC(O)C1CCCNC1. The number of nitrogens with one attached hydrogen (secondary N) is 1. The first-order chi connectivity index (χ1) is 7.81. The molecule has 1 fully saturated rings. The second-order valence-corrected chi connectivity index (χ2v) is 4.37. The van der Waals surface area contributed by atoms with Gasteiger partial charge in [0.25, 0.3) is 0 Å². The fourth-order valence-electron chi connectivity index (χ4n) is 2.27. The van der Waals surface area contributed by atoms with Gasteiger partial charge in [-0.15, -0.1) is 0 Å². The molecule has 0 spiro atoms. The van der Waals surface area contributed by atoms with Gasteiger partial charge >= 0.3 is 0 Å². The largest absolute Gasteiger partial charge is 0.392 e. The maximum absolute atomic E-state index is 10.1. The Bertz CT molecular complexity index is 320. The lowest BCUT2D eigenvalue weighted by Gasteiger charge is -2.27. The van der Waals surface area contributed by atoms with Crippen LogP contribution in [0.15, 0.2) is 6.33 Å². The van der Waals surface area contributed by atoms with Gasteiger partial charge in [-0.25, -0.2) is 4.98 Å². The van der Waals surface area contributed by atoms with Crippen LogP contribution in [-0.4, -0.2) is 39.1 Å². The molecule has 1 aliphatic heterocycles. The van der Waals surface area contributed by atoms with Crippen molar-refractivity contribution in [3.63, 3.8) is 0 Å². The third-order valence-corrected chi connectivity index (χ3v) is 3.27. The second-order valence-electron chi connectivity index (χ2n) is 4.37. The van der Waals surface area contributed by atoms with Gasteiger partial charge in [0.05, 0.1) is 6.10 Å². The minimum atomic E-state index is -0.303.